The van der Waals surface area contributed by atoms with Crippen molar-refractivity contribution in [1.29, 1.82) is 5.26 Å². The van der Waals surface area contributed by atoms with Crippen LogP contribution in [0.15, 0.2) is 18.3 Å². The summed E-state index contributed by atoms with van der Waals surface area (Å²) >= 11 is 0. The fraction of sp³-hybridized carbons (Fsp3) is 0.600. The van der Waals surface area contributed by atoms with E-state index >= 15 is 0 Å². The van der Waals surface area contributed by atoms with Gasteiger partial charge >= 0.3 is 0 Å². The fourth-order valence-corrected chi connectivity index (χ4v) is 2.42. The second-order valence-corrected chi connectivity index (χ2v) is 5.20. The normalized spacial score (nSPS) is 22.2. The van der Waals surface area contributed by atoms with Gasteiger partial charge in [0, 0.05) is 25.4 Å². The van der Waals surface area contributed by atoms with Gasteiger partial charge < -0.3 is 15.8 Å². The van der Waals surface area contributed by atoms with Crippen molar-refractivity contribution in [3.8, 4) is 6.07 Å². The average Bonchev–Trinajstić information content (AvgIpc) is 2.49. The van der Waals surface area contributed by atoms with E-state index in [0.29, 0.717) is 23.5 Å². The second kappa shape index (κ2) is 7.83. The van der Waals surface area contributed by atoms with E-state index in [0.717, 1.165) is 45.3 Å². The monoisotopic (exact) mass is 274 g/mol. The highest BCUT2D eigenvalue weighted by atomic mass is 16.5. The minimum Gasteiger partial charge on any atom is -0.378 e. The van der Waals surface area contributed by atoms with Crippen LogP contribution in [0.2, 0.25) is 0 Å². The molecule has 3 N–H and O–H groups in total. The lowest BCUT2D eigenvalue weighted by atomic mass is 9.94. The zero-order chi connectivity index (χ0) is 14.2. The van der Waals surface area contributed by atoms with Crippen molar-refractivity contribution in [2.24, 2.45) is 5.73 Å². The molecule has 0 aromatic carbocycles. The van der Waals surface area contributed by atoms with Crippen molar-refractivity contribution < 1.29 is 4.74 Å². The number of anilines is 1. The Morgan fingerprint density at radius 2 is 2.20 bits per heavy atom. The maximum atomic E-state index is 8.95. The number of hydrogen-bond acceptors (Lipinski definition) is 5. The Kier molecular flexibility index (Phi) is 5.78. The number of aromatic nitrogens is 1. The van der Waals surface area contributed by atoms with Gasteiger partial charge in [0.15, 0.2) is 0 Å². The minimum absolute atomic E-state index is 0.366. The molecule has 0 spiro atoms. The molecule has 0 amide bonds. The van der Waals surface area contributed by atoms with Crippen LogP contribution < -0.4 is 11.1 Å². The molecule has 1 aliphatic carbocycles. The van der Waals surface area contributed by atoms with Crippen LogP contribution in [-0.4, -0.2) is 30.3 Å². The standard InChI is InChI=1S/C15H22N4O/c16-11-12-3-1-8-18-15(12)19-9-2-10-20-14-6-4-13(17)5-7-14/h1,3,8,13-14H,2,4-7,9-10,17H2,(H,18,19). The lowest BCUT2D eigenvalue weighted by Crippen LogP contribution is -2.30. The third kappa shape index (κ3) is 4.48. The molecule has 5 heteroatoms. The lowest BCUT2D eigenvalue weighted by Gasteiger charge is -2.26. The molecule has 1 saturated carbocycles. The van der Waals surface area contributed by atoms with Crippen molar-refractivity contribution in [2.75, 3.05) is 18.5 Å². The number of nitrogens with zero attached hydrogens (tertiary/aromatic N) is 2. The number of hydrogen-bond donors (Lipinski definition) is 2. The maximum Gasteiger partial charge on any atom is 0.143 e. The van der Waals surface area contributed by atoms with Gasteiger partial charge in [-0.3, -0.25) is 0 Å². The summed E-state index contributed by atoms with van der Waals surface area (Å²) in [5.74, 6) is 0.652. The molecule has 0 aliphatic heterocycles. The van der Waals surface area contributed by atoms with Crippen molar-refractivity contribution in [3.63, 3.8) is 0 Å². The minimum atomic E-state index is 0.366. The van der Waals surface area contributed by atoms with E-state index in [9.17, 15) is 0 Å². The molecule has 1 aliphatic rings. The maximum absolute atomic E-state index is 8.95. The first-order valence-electron chi connectivity index (χ1n) is 7.26. The van der Waals surface area contributed by atoms with Crippen LogP contribution in [0.25, 0.3) is 0 Å². The smallest absolute Gasteiger partial charge is 0.143 e. The molecule has 20 heavy (non-hydrogen) atoms. The first-order chi connectivity index (χ1) is 9.79. The van der Waals surface area contributed by atoms with E-state index in [2.05, 4.69) is 16.4 Å². The average molecular weight is 274 g/mol. The van der Waals surface area contributed by atoms with Gasteiger partial charge in [-0.15, -0.1) is 0 Å². The van der Waals surface area contributed by atoms with Gasteiger partial charge in [-0.05, 0) is 44.2 Å². The molecule has 0 radical (unpaired) electrons. The van der Waals surface area contributed by atoms with Crippen LogP contribution in [0.4, 0.5) is 5.82 Å². The molecular weight excluding hydrogens is 252 g/mol. The van der Waals surface area contributed by atoms with E-state index in [-0.39, 0.29) is 0 Å². The second-order valence-electron chi connectivity index (χ2n) is 5.20. The molecule has 0 atom stereocenters. The SMILES string of the molecule is N#Cc1cccnc1NCCCOC1CCC(N)CC1. The van der Waals surface area contributed by atoms with Crippen molar-refractivity contribution in [2.45, 2.75) is 44.2 Å². The Morgan fingerprint density at radius 1 is 1.40 bits per heavy atom. The van der Waals surface area contributed by atoms with Crippen molar-refractivity contribution >= 4 is 5.82 Å². The molecule has 1 heterocycles. The number of ether oxygens (including phenoxy) is 1. The Morgan fingerprint density at radius 3 is 2.95 bits per heavy atom. The van der Waals surface area contributed by atoms with Crippen LogP contribution in [0.1, 0.15) is 37.7 Å². The van der Waals surface area contributed by atoms with Crippen molar-refractivity contribution in [3.05, 3.63) is 23.9 Å². The van der Waals surface area contributed by atoms with E-state index in [4.69, 9.17) is 15.7 Å². The van der Waals surface area contributed by atoms with Crippen LogP contribution in [0, 0.1) is 11.3 Å². The van der Waals surface area contributed by atoms with Gasteiger partial charge in [-0.2, -0.15) is 5.26 Å². The number of nitriles is 1. The zero-order valence-corrected chi connectivity index (χ0v) is 11.7. The predicted molar refractivity (Wildman–Crippen MR) is 78.2 cm³/mol. The third-order valence-corrected chi connectivity index (χ3v) is 3.61. The molecule has 1 fully saturated rings. The Balaban J connectivity index is 1.61. The molecular formula is C15H22N4O. The Bertz CT molecular complexity index is 449. The summed E-state index contributed by atoms with van der Waals surface area (Å²) in [5.41, 5.74) is 6.44. The molecule has 108 valence electrons. The van der Waals surface area contributed by atoms with E-state index in [1.54, 1.807) is 18.3 Å². The highest BCUT2D eigenvalue weighted by Crippen LogP contribution is 2.19. The van der Waals surface area contributed by atoms with E-state index < -0.39 is 0 Å². The summed E-state index contributed by atoms with van der Waals surface area (Å²) < 4.78 is 5.84. The molecule has 0 saturated heterocycles. The van der Waals surface area contributed by atoms with Gasteiger partial charge in [0.25, 0.3) is 0 Å². The topological polar surface area (TPSA) is 84.0 Å². The van der Waals surface area contributed by atoms with E-state index in [1.807, 2.05) is 0 Å². The molecule has 2 rings (SSSR count). The van der Waals surface area contributed by atoms with Crippen molar-refractivity contribution in [1.82, 2.24) is 4.98 Å². The molecule has 1 aromatic heterocycles. The first-order valence-corrected chi connectivity index (χ1v) is 7.26. The lowest BCUT2D eigenvalue weighted by molar-refractivity contribution is 0.0251. The van der Waals surface area contributed by atoms with Gasteiger partial charge in [-0.1, -0.05) is 0 Å². The summed E-state index contributed by atoms with van der Waals surface area (Å²) in [6, 6.07) is 6.02. The quantitative estimate of drug-likeness (QED) is 0.775. The molecule has 1 aromatic rings. The van der Waals surface area contributed by atoms with E-state index in [1.165, 1.54) is 0 Å². The Hall–Kier alpha value is -1.64. The number of pyridine rings is 1. The van der Waals surface area contributed by atoms with Gasteiger partial charge in [-0.25, -0.2) is 4.98 Å². The van der Waals surface area contributed by atoms with Crippen LogP contribution in [-0.2, 0) is 4.74 Å². The third-order valence-electron chi connectivity index (χ3n) is 3.61. The van der Waals surface area contributed by atoms with Crippen LogP contribution >= 0.6 is 0 Å². The highest BCUT2D eigenvalue weighted by Gasteiger charge is 2.18. The predicted octanol–water partition coefficient (Wildman–Crippen LogP) is 2.04. The summed E-state index contributed by atoms with van der Waals surface area (Å²) in [4.78, 5) is 4.16. The molecule has 5 nitrogen and oxygen atoms in total. The fourth-order valence-electron chi connectivity index (χ4n) is 2.42. The van der Waals surface area contributed by atoms with Crippen LogP contribution in [0.3, 0.4) is 0 Å². The Labute approximate surface area is 120 Å². The molecule has 0 unspecified atom stereocenters. The van der Waals surface area contributed by atoms with Crippen LogP contribution in [0.5, 0.6) is 0 Å². The number of rotatable bonds is 6. The van der Waals surface area contributed by atoms with Gasteiger partial charge in [0.1, 0.15) is 11.9 Å². The first kappa shape index (κ1) is 14.8. The largest absolute Gasteiger partial charge is 0.378 e. The summed E-state index contributed by atoms with van der Waals surface area (Å²) in [6.45, 7) is 1.50. The highest BCUT2D eigenvalue weighted by molar-refractivity contribution is 5.50. The molecule has 0 bridgehead atoms. The number of nitrogens with two attached hydrogens (primary N) is 1. The van der Waals surface area contributed by atoms with Gasteiger partial charge in [0.05, 0.1) is 11.7 Å². The zero-order valence-electron chi connectivity index (χ0n) is 11.7. The number of nitrogens with one attached hydrogen (secondary N) is 1. The summed E-state index contributed by atoms with van der Waals surface area (Å²) in [7, 11) is 0. The van der Waals surface area contributed by atoms with Gasteiger partial charge in [0.2, 0.25) is 0 Å². The summed E-state index contributed by atoms with van der Waals surface area (Å²) in [6.07, 6.45) is 7.26. The summed E-state index contributed by atoms with van der Waals surface area (Å²) in [5, 5.41) is 12.1.